The Bertz CT molecular complexity index is 413. The van der Waals surface area contributed by atoms with E-state index in [4.69, 9.17) is 26.8 Å². The summed E-state index contributed by atoms with van der Waals surface area (Å²) in [6.45, 7) is 3.62. The second-order valence-corrected chi connectivity index (χ2v) is 4.47. The third kappa shape index (κ3) is 6.88. The number of guanidine groups is 1. The van der Waals surface area contributed by atoms with E-state index >= 15 is 0 Å². The summed E-state index contributed by atoms with van der Waals surface area (Å²) in [5, 5.41) is 3.59. The van der Waals surface area contributed by atoms with Crippen LogP contribution in [0.3, 0.4) is 0 Å². The number of nitrogens with zero attached hydrogens (tertiary/aromatic N) is 1. The van der Waals surface area contributed by atoms with E-state index in [-0.39, 0.29) is 6.10 Å². The first-order chi connectivity index (χ1) is 9.11. The molecule has 0 aromatic heterocycles. The highest BCUT2D eigenvalue weighted by Gasteiger charge is 2.04. The highest BCUT2D eigenvalue weighted by molar-refractivity contribution is 6.30. The number of nitrogens with two attached hydrogens (primary N) is 1. The molecule has 106 valence electrons. The normalized spacial score (nSPS) is 13.1. The van der Waals surface area contributed by atoms with Gasteiger partial charge in [-0.1, -0.05) is 17.7 Å². The van der Waals surface area contributed by atoms with E-state index in [9.17, 15) is 0 Å². The Kier molecular flexibility index (Phi) is 7.07. The summed E-state index contributed by atoms with van der Waals surface area (Å²) in [6, 6.07) is 7.26. The van der Waals surface area contributed by atoms with Crippen molar-refractivity contribution in [3.8, 4) is 5.75 Å². The fourth-order valence-electron chi connectivity index (χ4n) is 1.37. The van der Waals surface area contributed by atoms with Gasteiger partial charge in [0.05, 0.1) is 13.2 Å². The van der Waals surface area contributed by atoms with Crippen molar-refractivity contribution in [2.45, 2.75) is 13.0 Å². The van der Waals surface area contributed by atoms with Crippen molar-refractivity contribution >= 4 is 17.6 Å². The summed E-state index contributed by atoms with van der Waals surface area (Å²) in [6.07, 6.45) is -0.0822. The number of hydrogen-bond donors (Lipinski definition) is 2. The molecule has 1 atom stereocenters. The molecule has 0 aliphatic heterocycles. The van der Waals surface area contributed by atoms with Crippen molar-refractivity contribution < 1.29 is 9.47 Å². The molecule has 0 saturated heterocycles. The van der Waals surface area contributed by atoms with Crippen LogP contribution in [0.1, 0.15) is 6.92 Å². The largest absolute Gasteiger partial charge is 0.489 e. The van der Waals surface area contributed by atoms with Gasteiger partial charge >= 0.3 is 0 Å². The number of rotatable bonds is 7. The molecule has 0 radical (unpaired) electrons. The molecule has 0 saturated carbocycles. The molecule has 0 aliphatic carbocycles. The van der Waals surface area contributed by atoms with E-state index in [0.29, 0.717) is 30.7 Å². The quantitative estimate of drug-likeness (QED) is 0.454. The molecule has 0 heterocycles. The van der Waals surface area contributed by atoms with Crippen molar-refractivity contribution in [2.75, 3.05) is 26.8 Å². The molecular weight excluding hydrogens is 266 g/mol. The lowest BCUT2D eigenvalue weighted by atomic mass is 10.3. The minimum absolute atomic E-state index is 0.0822. The van der Waals surface area contributed by atoms with Crippen molar-refractivity contribution in [1.82, 2.24) is 5.32 Å². The number of methoxy groups -OCH3 is 1. The van der Waals surface area contributed by atoms with Crippen LogP contribution in [-0.4, -0.2) is 38.9 Å². The summed E-state index contributed by atoms with van der Waals surface area (Å²) in [4.78, 5) is 4.18. The van der Waals surface area contributed by atoms with Crippen molar-refractivity contribution in [3.63, 3.8) is 0 Å². The van der Waals surface area contributed by atoms with Crippen molar-refractivity contribution in [1.29, 1.82) is 0 Å². The van der Waals surface area contributed by atoms with E-state index in [1.807, 2.05) is 19.1 Å². The van der Waals surface area contributed by atoms with Gasteiger partial charge in [0.1, 0.15) is 11.9 Å². The van der Waals surface area contributed by atoms with E-state index in [1.165, 1.54) is 0 Å². The molecule has 0 bridgehead atoms. The first-order valence-corrected chi connectivity index (χ1v) is 6.44. The van der Waals surface area contributed by atoms with Crippen LogP contribution in [-0.2, 0) is 4.74 Å². The predicted molar refractivity (Wildman–Crippen MR) is 77.9 cm³/mol. The number of aliphatic imine (C=N–C) groups is 1. The van der Waals surface area contributed by atoms with Crippen LogP contribution in [0, 0.1) is 0 Å². The molecule has 5 nitrogen and oxygen atoms in total. The first-order valence-electron chi connectivity index (χ1n) is 6.06. The molecule has 0 fully saturated rings. The van der Waals surface area contributed by atoms with Gasteiger partial charge in [0.25, 0.3) is 0 Å². The summed E-state index contributed by atoms with van der Waals surface area (Å²) >= 11 is 5.88. The number of halogens is 1. The van der Waals surface area contributed by atoms with Gasteiger partial charge in [0.15, 0.2) is 5.96 Å². The molecule has 0 spiro atoms. The molecule has 1 aromatic carbocycles. The van der Waals surface area contributed by atoms with Gasteiger partial charge in [-0.3, -0.25) is 0 Å². The minimum Gasteiger partial charge on any atom is -0.489 e. The van der Waals surface area contributed by atoms with Gasteiger partial charge in [-0.15, -0.1) is 0 Å². The van der Waals surface area contributed by atoms with Crippen LogP contribution in [0.15, 0.2) is 29.3 Å². The Morgan fingerprint density at radius 3 is 3.00 bits per heavy atom. The Morgan fingerprint density at radius 2 is 2.32 bits per heavy atom. The first kappa shape index (κ1) is 15.6. The van der Waals surface area contributed by atoms with E-state index in [0.717, 1.165) is 5.75 Å². The third-order valence-corrected chi connectivity index (χ3v) is 2.50. The topological polar surface area (TPSA) is 68.9 Å². The maximum absolute atomic E-state index is 5.88. The zero-order valence-electron chi connectivity index (χ0n) is 11.2. The Morgan fingerprint density at radius 1 is 1.53 bits per heavy atom. The Labute approximate surface area is 118 Å². The monoisotopic (exact) mass is 285 g/mol. The third-order valence-electron chi connectivity index (χ3n) is 2.26. The van der Waals surface area contributed by atoms with Crippen LogP contribution >= 0.6 is 11.6 Å². The molecule has 6 heteroatoms. The molecular formula is C13H20ClN3O2. The van der Waals surface area contributed by atoms with Gasteiger partial charge in [-0.05, 0) is 25.1 Å². The molecule has 0 amide bonds. The lowest BCUT2D eigenvalue weighted by Gasteiger charge is -2.13. The summed E-state index contributed by atoms with van der Waals surface area (Å²) < 4.78 is 10.6. The standard InChI is InChI=1S/C13H20ClN3O2/c1-10(9-17-13(15)16-6-7-18-2)19-12-5-3-4-11(14)8-12/h3-5,8,10H,6-7,9H2,1-2H3,(H3,15,16,17). The van der Waals surface area contributed by atoms with E-state index in [2.05, 4.69) is 10.3 Å². The van der Waals surface area contributed by atoms with Crippen LogP contribution in [0.25, 0.3) is 0 Å². The van der Waals surface area contributed by atoms with Gasteiger partial charge in [-0.25, -0.2) is 4.99 Å². The number of benzene rings is 1. The van der Waals surface area contributed by atoms with Crippen molar-refractivity contribution in [3.05, 3.63) is 29.3 Å². The summed E-state index contributed by atoms with van der Waals surface area (Å²) in [7, 11) is 1.63. The molecule has 1 rings (SSSR count). The summed E-state index contributed by atoms with van der Waals surface area (Å²) in [5.74, 6) is 1.11. The Balaban J connectivity index is 2.34. The molecule has 0 aliphatic rings. The lowest BCUT2D eigenvalue weighted by Crippen LogP contribution is -2.35. The van der Waals surface area contributed by atoms with Crippen molar-refractivity contribution in [2.24, 2.45) is 10.7 Å². The number of hydrogen-bond acceptors (Lipinski definition) is 3. The van der Waals surface area contributed by atoms with Crippen LogP contribution in [0.5, 0.6) is 5.75 Å². The second-order valence-electron chi connectivity index (χ2n) is 4.03. The second kappa shape index (κ2) is 8.61. The average Bonchev–Trinajstić information content (AvgIpc) is 2.37. The number of ether oxygens (including phenoxy) is 2. The van der Waals surface area contributed by atoms with Gasteiger partial charge < -0.3 is 20.5 Å². The maximum atomic E-state index is 5.88. The zero-order chi connectivity index (χ0) is 14.1. The highest BCUT2D eigenvalue weighted by atomic mass is 35.5. The average molecular weight is 286 g/mol. The molecule has 3 N–H and O–H groups in total. The van der Waals surface area contributed by atoms with Gasteiger partial charge in [-0.2, -0.15) is 0 Å². The molecule has 19 heavy (non-hydrogen) atoms. The van der Waals surface area contributed by atoms with E-state index in [1.54, 1.807) is 19.2 Å². The molecule has 1 aromatic rings. The minimum atomic E-state index is -0.0822. The molecule has 1 unspecified atom stereocenters. The fourth-order valence-corrected chi connectivity index (χ4v) is 1.55. The highest BCUT2D eigenvalue weighted by Crippen LogP contribution is 2.18. The van der Waals surface area contributed by atoms with E-state index < -0.39 is 0 Å². The van der Waals surface area contributed by atoms with Gasteiger partial charge in [0.2, 0.25) is 0 Å². The van der Waals surface area contributed by atoms with Gasteiger partial charge in [0, 0.05) is 18.7 Å². The Hall–Kier alpha value is -1.46. The fraction of sp³-hybridized carbons (Fsp3) is 0.462. The van der Waals surface area contributed by atoms with Crippen LogP contribution < -0.4 is 15.8 Å². The predicted octanol–water partition coefficient (Wildman–Crippen LogP) is 1.66. The smallest absolute Gasteiger partial charge is 0.188 e. The lowest BCUT2D eigenvalue weighted by molar-refractivity contribution is 0.203. The zero-order valence-corrected chi connectivity index (χ0v) is 12.0. The van der Waals surface area contributed by atoms with Crippen LogP contribution in [0.2, 0.25) is 5.02 Å². The number of nitrogens with one attached hydrogen (secondary N) is 1. The maximum Gasteiger partial charge on any atom is 0.188 e. The summed E-state index contributed by atoms with van der Waals surface area (Å²) in [5.41, 5.74) is 5.69. The SMILES string of the molecule is COCCNC(N)=NCC(C)Oc1cccc(Cl)c1. The van der Waals surface area contributed by atoms with Crippen LogP contribution in [0.4, 0.5) is 0 Å².